The summed E-state index contributed by atoms with van der Waals surface area (Å²) in [6, 6.07) is 11.3. The van der Waals surface area contributed by atoms with Crippen LogP contribution in [0.15, 0.2) is 42.6 Å². The van der Waals surface area contributed by atoms with E-state index in [1.807, 2.05) is 24.3 Å². The maximum absolute atomic E-state index is 13.0. The van der Waals surface area contributed by atoms with Crippen molar-refractivity contribution < 1.29 is 9.13 Å². The summed E-state index contributed by atoms with van der Waals surface area (Å²) in [5, 5.41) is 3.53. The van der Waals surface area contributed by atoms with Crippen molar-refractivity contribution >= 4 is 0 Å². The fourth-order valence-corrected chi connectivity index (χ4v) is 2.42. The summed E-state index contributed by atoms with van der Waals surface area (Å²) in [7, 11) is 1.67. The predicted octanol–water partition coefficient (Wildman–Crippen LogP) is 4.03. The van der Waals surface area contributed by atoms with E-state index in [-0.39, 0.29) is 17.9 Å². The molecule has 2 aromatic rings. The first-order chi connectivity index (χ1) is 10.2. The van der Waals surface area contributed by atoms with Crippen LogP contribution in [0.25, 0.3) is 0 Å². The van der Waals surface area contributed by atoms with Crippen molar-refractivity contribution in [3.63, 3.8) is 0 Å². The molecule has 1 aromatic carbocycles. The lowest BCUT2D eigenvalue weighted by atomic mass is 10.0. The highest BCUT2D eigenvalue weighted by Crippen LogP contribution is 2.27. The van der Waals surface area contributed by atoms with Crippen LogP contribution in [-0.2, 0) is 0 Å². The van der Waals surface area contributed by atoms with Crippen molar-refractivity contribution in [1.82, 2.24) is 10.3 Å². The third-order valence-corrected chi connectivity index (χ3v) is 3.57. The number of methoxy groups -OCH3 is 1. The lowest BCUT2D eigenvalue weighted by molar-refractivity contribution is 0.390. The third-order valence-electron chi connectivity index (χ3n) is 3.57. The maximum atomic E-state index is 13.0. The van der Waals surface area contributed by atoms with E-state index >= 15 is 0 Å². The van der Waals surface area contributed by atoms with Gasteiger partial charge >= 0.3 is 0 Å². The van der Waals surface area contributed by atoms with Crippen LogP contribution in [0.5, 0.6) is 5.75 Å². The summed E-state index contributed by atoms with van der Waals surface area (Å²) in [4.78, 5) is 4.17. The highest BCUT2D eigenvalue weighted by atomic mass is 19.1. The first kappa shape index (κ1) is 15.4. The number of hydrogen-bond donors (Lipinski definition) is 1. The molecule has 0 aliphatic rings. The van der Waals surface area contributed by atoms with Gasteiger partial charge in [-0.25, -0.2) is 4.39 Å². The van der Waals surface area contributed by atoms with Gasteiger partial charge in [0.05, 0.1) is 19.0 Å². The highest BCUT2D eigenvalue weighted by Gasteiger charge is 2.17. The highest BCUT2D eigenvalue weighted by molar-refractivity contribution is 5.35. The molecule has 1 N–H and O–H groups in total. The number of halogens is 1. The number of rotatable bonds is 6. The first-order valence-corrected chi connectivity index (χ1v) is 7.16. The molecule has 0 fully saturated rings. The molecule has 2 unspecified atom stereocenters. The fraction of sp³-hybridized carbons (Fsp3) is 0.353. The Morgan fingerprint density at radius 3 is 2.62 bits per heavy atom. The standard InChI is InChI=1S/C17H21FN2O/c1-4-15(16-10-9-13(18)11-19-16)20-12(2)14-7-5-6-8-17(14)21-3/h5-12,15,20H,4H2,1-3H3. The van der Waals surface area contributed by atoms with Gasteiger partial charge in [0.15, 0.2) is 0 Å². The van der Waals surface area contributed by atoms with Gasteiger partial charge in [-0.1, -0.05) is 25.1 Å². The topological polar surface area (TPSA) is 34.1 Å². The second-order valence-electron chi connectivity index (χ2n) is 4.99. The Morgan fingerprint density at radius 2 is 2.00 bits per heavy atom. The average Bonchev–Trinajstić information content (AvgIpc) is 2.53. The number of para-hydroxylation sites is 1. The first-order valence-electron chi connectivity index (χ1n) is 7.16. The second-order valence-corrected chi connectivity index (χ2v) is 4.99. The monoisotopic (exact) mass is 288 g/mol. The smallest absolute Gasteiger partial charge is 0.141 e. The average molecular weight is 288 g/mol. The molecule has 4 heteroatoms. The summed E-state index contributed by atoms with van der Waals surface area (Å²) in [5.74, 6) is 0.547. The van der Waals surface area contributed by atoms with E-state index < -0.39 is 0 Å². The van der Waals surface area contributed by atoms with Crippen LogP contribution in [0.1, 0.15) is 43.6 Å². The van der Waals surface area contributed by atoms with Crippen molar-refractivity contribution in [1.29, 1.82) is 0 Å². The number of hydrogen-bond acceptors (Lipinski definition) is 3. The van der Waals surface area contributed by atoms with E-state index in [0.717, 1.165) is 23.4 Å². The second kappa shape index (κ2) is 7.18. The predicted molar refractivity (Wildman–Crippen MR) is 81.8 cm³/mol. The van der Waals surface area contributed by atoms with Gasteiger partial charge in [-0.05, 0) is 31.5 Å². The van der Waals surface area contributed by atoms with E-state index in [0.29, 0.717) is 0 Å². The Morgan fingerprint density at radius 1 is 1.24 bits per heavy atom. The molecule has 0 bridgehead atoms. The molecular weight excluding hydrogens is 267 g/mol. The van der Waals surface area contributed by atoms with Crippen LogP contribution in [0, 0.1) is 5.82 Å². The van der Waals surface area contributed by atoms with E-state index in [2.05, 4.69) is 24.1 Å². The van der Waals surface area contributed by atoms with E-state index in [1.54, 1.807) is 13.2 Å². The van der Waals surface area contributed by atoms with Crippen LogP contribution < -0.4 is 10.1 Å². The van der Waals surface area contributed by atoms with Crippen molar-refractivity contribution in [2.75, 3.05) is 7.11 Å². The largest absolute Gasteiger partial charge is 0.496 e. The molecule has 0 radical (unpaired) electrons. The van der Waals surface area contributed by atoms with E-state index in [1.165, 1.54) is 12.3 Å². The summed E-state index contributed by atoms with van der Waals surface area (Å²) < 4.78 is 18.4. The molecule has 2 rings (SSSR count). The van der Waals surface area contributed by atoms with Crippen molar-refractivity contribution in [3.05, 3.63) is 59.7 Å². The zero-order valence-electron chi connectivity index (χ0n) is 12.6. The molecule has 0 amide bonds. The quantitative estimate of drug-likeness (QED) is 0.871. The fourth-order valence-electron chi connectivity index (χ4n) is 2.42. The maximum Gasteiger partial charge on any atom is 0.141 e. The SMILES string of the molecule is CCC(NC(C)c1ccccc1OC)c1ccc(F)cn1. The van der Waals surface area contributed by atoms with Crippen LogP contribution >= 0.6 is 0 Å². The lowest BCUT2D eigenvalue weighted by Crippen LogP contribution is -2.25. The normalized spacial score (nSPS) is 13.7. The Balaban J connectivity index is 2.16. The van der Waals surface area contributed by atoms with Gasteiger partial charge in [0.25, 0.3) is 0 Å². The van der Waals surface area contributed by atoms with Crippen molar-refractivity contribution in [2.45, 2.75) is 32.4 Å². The molecule has 0 aliphatic carbocycles. The van der Waals surface area contributed by atoms with Crippen molar-refractivity contribution in [2.24, 2.45) is 0 Å². The minimum atomic E-state index is -0.314. The van der Waals surface area contributed by atoms with Gasteiger partial charge in [0.1, 0.15) is 11.6 Å². The molecule has 112 valence electrons. The third kappa shape index (κ3) is 3.79. The van der Waals surface area contributed by atoms with Crippen LogP contribution in [0.3, 0.4) is 0 Å². The number of nitrogens with zero attached hydrogens (tertiary/aromatic N) is 1. The van der Waals surface area contributed by atoms with Crippen LogP contribution in [0.2, 0.25) is 0 Å². The molecular formula is C17H21FN2O. The number of nitrogens with one attached hydrogen (secondary N) is 1. The Labute approximate surface area is 125 Å². The van der Waals surface area contributed by atoms with E-state index in [9.17, 15) is 4.39 Å². The minimum absolute atomic E-state index is 0.0745. The van der Waals surface area contributed by atoms with Crippen LogP contribution in [-0.4, -0.2) is 12.1 Å². The molecule has 0 spiro atoms. The lowest BCUT2D eigenvalue weighted by Gasteiger charge is -2.23. The van der Waals surface area contributed by atoms with Gasteiger partial charge in [-0.15, -0.1) is 0 Å². The van der Waals surface area contributed by atoms with Gasteiger partial charge in [0.2, 0.25) is 0 Å². The molecule has 2 atom stereocenters. The summed E-state index contributed by atoms with van der Waals surface area (Å²) in [6.07, 6.45) is 2.13. The molecule has 0 aliphatic heterocycles. The zero-order valence-corrected chi connectivity index (χ0v) is 12.6. The van der Waals surface area contributed by atoms with Gasteiger partial charge in [-0.3, -0.25) is 4.98 Å². The molecule has 0 saturated carbocycles. The van der Waals surface area contributed by atoms with Gasteiger partial charge in [-0.2, -0.15) is 0 Å². The number of aromatic nitrogens is 1. The molecule has 0 saturated heterocycles. The number of ether oxygens (including phenoxy) is 1. The van der Waals surface area contributed by atoms with Gasteiger partial charge in [0, 0.05) is 17.6 Å². The Bertz CT molecular complexity index is 571. The summed E-state index contributed by atoms with van der Waals surface area (Å²) >= 11 is 0. The Kier molecular flexibility index (Phi) is 5.28. The zero-order chi connectivity index (χ0) is 15.2. The van der Waals surface area contributed by atoms with Crippen LogP contribution in [0.4, 0.5) is 4.39 Å². The summed E-state index contributed by atoms with van der Waals surface area (Å²) in [5.41, 5.74) is 1.95. The minimum Gasteiger partial charge on any atom is -0.496 e. The summed E-state index contributed by atoms with van der Waals surface area (Å²) in [6.45, 7) is 4.17. The van der Waals surface area contributed by atoms with Crippen molar-refractivity contribution in [3.8, 4) is 5.75 Å². The van der Waals surface area contributed by atoms with Gasteiger partial charge < -0.3 is 10.1 Å². The van der Waals surface area contributed by atoms with E-state index in [4.69, 9.17) is 4.74 Å². The molecule has 21 heavy (non-hydrogen) atoms. The number of benzene rings is 1. The number of pyridine rings is 1. The molecule has 3 nitrogen and oxygen atoms in total. The molecule has 1 heterocycles. The Hall–Kier alpha value is -1.94. The molecule has 1 aromatic heterocycles.